The molecule has 4 heterocycles. The second-order valence-corrected chi connectivity index (χ2v) is 17.9. The number of nitrogens with zero attached hydrogens (tertiary/aromatic N) is 6. The SMILES string of the molecule is Cc1nc(N2CCC3(CCC[C@H]3N)CC2)nc(C(N)=O)c1-c1cccc(Cl)c1Cl.Cc1nc(N2CCC3(CCC[C@H]3N)CC2)nc(C(N)=O)c1-c1cccc(Cl)c1Cl. The maximum atomic E-state index is 12.2. The first kappa shape index (κ1) is 42.3. The molecule has 308 valence electrons. The van der Waals surface area contributed by atoms with Crippen molar-refractivity contribution in [1.29, 1.82) is 0 Å². The summed E-state index contributed by atoms with van der Waals surface area (Å²) in [5, 5.41) is 1.51. The van der Waals surface area contributed by atoms with Gasteiger partial charge in [-0.05, 0) is 88.2 Å². The van der Waals surface area contributed by atoms with Crippen molar-refractivity contribution in [3.63, 3.8) is 0 Å². The van der Waals surface area contributed by atoms with Gasteiger partial charge in [-0.15, -0.1) is 0 Å². The Morgan fingerprint density at radius 2 is 0.966 bits per heavy atom. The van der Waals surface area contributed by atoms with Gasteiger partial charge in [0.2, 0.25) is 11.9 Å². The minimum Gasteiger partial charge on any atom is -0.364 e. The number of piperidine rings is 2. The van der Waals surface area contributed by atoms with E-state index in [1.807, 2.05) is 13.8 Å². The second kappa shape index (κ2) is 17.1. The van der Waals surface area contributed by atoms with Crippen molar-refractivity contribution in [2.75, 3.05) is 36.0 Å². The normalized spacial score (nSPS) is 21.0. The molecule has 2 aliphatic carbocycles. The Kier molecular flexibility index (Phi) is 12.5. The van der Waals surface area contributed by atoms with E-state index < -0.39 is 11.8 Å². The molecule has 2 amide bonds. The van der Waals surface area contributed by atoms with Gasteiger partial charge < -0.3 is 32.7 Å². The Balaban J connectivity index is 0.000000177. The fourth-order valence-electron chi connectivity index (χ4n) is 9.67. The lowest BCUT2D eigenvalue weighted by atomic mass is 9.74. The molecule has 8 N–H and O–H groups in total. The van der Waals surface area contributed by atoms with Crippen LogP contribution in [0.3, 0.4) is 0 Å². The maximum Gasteiger partial charge on any atom is 0.268 e. The number of aryl methyl sites for hydroxylation is 2. The number of anilines is 2. The molecule has 2 aliphatic heterocycles. The van der Waals surface area contributed by atoms with E-state index in [0.29, 0.717) is 65.6 Å². The minimum absolute atomic E-state index is 0.162. The van der Waals surface area contributed by atoms with Crippen LogP contribution in [0.5, 0.6) is 0 Å². The van der Waals surface area contributed by atoms with Crippen LogP contribution in [-0.4, -0.2) is 70.0 Å². The average Bonchev–Trinajstić information content (AvgIpc) is 3.74. The zero-order chi connectivity index (χ0) is 41.5. The molecule has 2 saturated heterocycles. The van der Waals surface area contributed by atoms with Gasteiger partial charge in [-0.1, -0.05) is 83.5 Å². The molecule has 0 radical (unpaired) electrons. The van der Waals surface area contributed by atoms with Crippen molar-refractivity contribution in [1.82, 2.24) is 19.9 Å². The Morgan fingerprint density at radius 1 is 0.603 bits per heavy atom. The summed E-state index contributed by atoms with van der Waals surface area (Å²) in [6.07, 6.45) is 11.1. The van der Waals surface area contributed by atoms with Crippen LogP contribution < -0.4 is 32.7 Å². The van der Waals surface area contributed by atoms with E-state index in [2.05, 4.69) is 19.8 Å². The zero-order valence-electron chi connectivity index (χ0n) is 32.8. The second-order valence-electron chi connectivity index (χ2n) is 16.3. The number of primary amides is 2. The van der Waals surface area contributed by atoms with E-state index in [-0.39, 0.29) is 34.3 Å². The lowest BCUT2D eigenvalue weighted by Crippen LogP contribution is -2.47. The highest BCUT2D eigenvalue weighted by Gasteiger charge is 2.44. The molecule has 58 heavy (non-hydrogen) atoms. The molecule has 2 saturated carbocycles. The van der Waals surface area contributed by atoms with Crippen LogP contribution in [0.15, 0.2) is 36.4 Å². The Labute approximate surface area is 359 Å². The van der Waals surface area contributed by atoms with Crippen molar-refractivity contribution in [3.05, 3.63) is 79.3 Å². The van der Waals surface area contributed by atoms with Crippen molar-refractivity contribution in [2.45, 2.75) is 90.1 Å². The van der Waals surface area contributed by atoms with Gasteiger partial charge in [0.05, 0.1) is 31.5 Å². The summed E-state index contributed by atoms with van der Waals surface area (Å²) in [7, 11) is 0. The molecule has 16 heteroatoms. The van der Waals surface area contributed by atoms with Crippen LogP contribution in [0.2, 0.25) is 20.1 Å². The maximum absolute atomic E-state index is 12.2. The number of rotatable bonds is 6. The van der Waals surface area contributed by atoms with E-state index in [9.17, 15) is 9.59 Å². The largest absolute Gasteiger partial charge is 0.364 e. The summed E-state index contributed by atoms with van der Waals surface area (Å²) in [6.45, 7) is 6.96. The highest BCUT2D eigenvalue weighted by atomic mass is 35.5. The predicted octanol–water partition coefficient (Wildman–Crippen LogP) is 7.91. The summed E-state index contributed by atoms with van der Waals surface area (Å²) >= 11 is 25.1. The van der Waals surface area contributed by atoms with Crippen LogP contribution in [0.25, 0.3) is 22.3 Å². The van der Waals surface area contributed by atoms with Gasteiger partial charge in [0, 0.05) is 60.5 Å². The Hall–Kier alpha value is -3.78. The number of carbonyl (C=O) groups excluding carboxylic acids is 2. The summed E-state index contributed by atoms with van der Waals surface area (Å²) in [5.41, 5.74) is 28.5. The lowest BCUT2D eigenvalue weighted by molar-refractivity contribution is 0.0987. The molecule has 12 nitrogen and oxygen atoms in total. The number of carbonyl (C=O) groups is 2. The van der Waals surface area contributed by atoms with Gasteiger partial charge in [0.25, 0.3) is 11.8 Å². The van der Waals surface area contributed by atoms with Crippen molar-refractivity contribution >= 4 is 70.1 Å². The number of nitrogens with two attached hydrogens (primary N) is 4. The number of hydrogen-bond donors (Lipinski definition) is 4. The Morgan fingerprint density at radius 3 is 1.28 bits per heavy atom. The van der Waals surface area contributed by atoms with Crippen LogP contribution >= 0.6 is 46.4 Å². The topological polar surface area (TPSA) is 196 Å². The van der Waals surface area contributed by atoms with Gasteiger partial charge in [-0.3, -0.25) is 9.59 Å². The smallest absolute Gasteiger partial charge is 0.268 e. The average molecular weight is 869 g/mol. The molecule has 0 unspecified atom stereocenters. The molecule has 0 bridgehead atoms. The predicted molar refractivity (Wildman–Crippen MR) is 233 cm³/mol. The molecule has 2 spiro atoms. The molecule has 4 fully saturated rings. The van der Waals surface area contributed by atoms with E-state index in [4.69, 9.17) is 79.3 Å². The summed E-state index contributed by atoms with van der Waals surface area (Å²) in [4.78, 5) is 47.2. The van der Waals surface area contributed by atoms with Gasteiger partial charge in [-0.2, -0.15) is 0 Å². The van der Waals surface area contributed by atoms with Crippen molar-refractivity contribution < 1.29 is 9.59 Å². The highest BCUT2D eigenvalue weighted by molar-refractivity contribution is 6.44. The number of hydrogen-bond acceptors (Lipinski definition) is 10. The summed E-state index contributed by atoms with van der Waals surface area (Å²) in [6, 6.07) is 11.1. The monoisotopic (exact) mass is 866 g/mol. The minimum atomic E-state index is -0.617. The molecule has 4 aromatic rings. The molecular weight excluding hydrogens is 818 g/mol. The van der Waals surface area contributed by atoms with E-state index in [1.165, 1.54) is 25.7 Å². The first-order chi connectivity index (χ1) is 27.6. The van der Waals surface area contributed by atoms with Crippen LogP contribution in [-0.2, 0) is 0 Å². The van der Waals surface area contributed by atoms with E-state index in [1.54, 1.807) is 36.4 Å². The number of amides is 2. The molecule has 2 aromatic carbocycles. The first-order valence-electron chi connectivity index (χ1n) is 19.9. The van der Waals surface area contributed by atoms with Gasteiger partial charge >= 0.3 is 0 Å². The van der Waals surface area contributed by atoms with Crippen LogP contribution in [0, 0.1) is 24.7 Å². The number of benzene rings is 2. The molecule has 8 rings (SSSR count). The fraction of sp³-hybridized carbons (Fsp3) is 0.476. The van der Waals surface area contributed by atoms with E-state index >= 15 is 0 Å². The van der Waals surface area contributed by atoms with Crippen LogP contribution in [0.1, 0.15) is 96.6 Å². The zero-order valence-corrected chi connectivity index (χ0v) is 35.9. The first-order valence-corrected chi connectivity index (χ1v) is 21.4. The number of aromatic nitrogens is 4. The van der Waals surface area contributed by atoms with Gasteiger partial charge in [0.1, 0.15) is 11.4 Å². The summed E-state index contributed by atoms with van der Waals surface area (Å²) in [5.74, 6) is -0.178. The van der Waals surface area contributed by atoms with Gasteiger partial charge in [0.15, 0.2) is 0 Å². The standard InChI is InChI=1S/2C21H25Cl2N5O/c2*1-12-16(13-4-2-5-14(22)17(13)23)18(19(25)29)27-20(26-12)28-10-8-21(9-11-28)7-3-6-15(21)24/h2*2,4-5,15H,3,6-11,24H2,1H3,(H2,25,29)/t2*15-/m11/s1. The van der Waals surface area contributed by atoms with Gasteiger partial charge in [-0.25, -0.2) is 19.9 Å². The third-order valence-corrected chi connectivity index (χ3v) is 14.7. The fourth-order valence-corrected chi connectivity index (χ4v) is 10.5. The van der Waals surface area contributed by atoms with Crippen LogP contribution in [0.4, 0.5) is 11.9 Å². The molecule has 2 aromatic heterocycles. The summed E-state index contributed by atoms with van der Waals surface area (Å²) < 4.78 is 0. The number of halogens is 4. The van der Waals surface area contributed by atoms with Crippen molar-refractivity contribution in [2.24, 2.45) is 33.8 Å². The lowest BCUT2D eigenvalue weighted by Gasteiger charge is -2.42. The quantitative estimate of drug-likeness (QED) is 0.148. The molecular formula is C42H50Cl4N10O2. The highest BCUT2D eigenvalue weighted by Crippen LogP contribution is 2.47. The van der Waals surface area contributed by atoms with Crippen molar-refractivity contribution in [3.8, 4) is 22.3 Å². The Bertz CT molecular complexity index is 2070. The molecule has 2 atom stereocenters. The third-order valence-electron chi connectivity index (χ3n) is 13.1. The van der Waals surface area contributed by atoms with E-state index in [0.717, 1.165) is 64.7 Å². The third kappa shape index (κ3) is 8.08. The molecule has 4 aliphatic rings.